The number of hydrogen-bond acceptors (Lipinski definition) is 8. The Hall–Kier alpha value is -5.40. The van der Waals surface area contributed by atoms with E-state index < -0.39 is 53.0 Å². The third-order valence-electron chi connectivity index (χ3n) is 11.3. The first-order valence-corrected chi connectivity index (χ1v) is 19.2. The summed E-state index contributed by atoms with van der Waals surface area (Å²) in [6.07, 6.45) is 6.73. The van der Waals surface area contributed by atoms with Gasteiger partial charge in [0.2, 0.25) is 17.7 Å². The summed E-state index contributed by atoms with van der Waals surface area (Å²) >= 11 is 0. The number of methoxy groups -OCH3 is 1. The smallest absolute Gasteiger partial charge is 0.408 e. The van der Waals surface area contributed by atoms with E-state index in [9.17, 15) is 29.1 Å². The fourth-order valence-corrected chi connectivity index (χ4v) is 8.46. The molecule has 3 aliphatic heterocycles. The molecule has 14 nitrogen and oxygen atoms in total. The maximum absolute atomic E-state index is 14.5. The van der Waals surface area contributed by atoms with Crippen molar-refractivity contribution in [1.82, 2.24) is 30.0 Å². The molecule has 4 heterocycles. The number of imidazole rings is 1. The predicted molar refractivity (Wildman–Crippen MR) is 203 cm³/mol. The first-order valence-electron chi connectivity index (χ1n) is 19.2. The number of nitrogens with zero attached hydrogens (tertiary/aromatic N) is 4. The van der Waals surface area contributed by atoms with Gasteiger partial charge in [0, 0.05) is 49.0 Å². The average Bonchev–Trinajstić information content (AvgIpc) is 3.38. The molecule has 0 unspecified atom stereocenters. The van der Waals surface area contributed by atoms with E-state index in [1.165, 1.54) is 4.90 Å². The summed E-state index contributed by atoms with van der Waals surface area (Å²) in [7, 11) is 1.59. The summed E-state index contributed by atoms with van der Waals surface area (Å²) in [5.41, 5.74) is 0.0372. The van der Waals surface area contributed by atoms with Crippen LogP contribution in [-0.2, 0) is 30.5 Å². The highest BCUT2D eigenvalue weighted by atomic mass is 16.6. The van der Waals surface area contributed by atoms with Crippen molar-refractivity contribution < 1.29 is 38.6 Å². The van der Waals surface area contributed by atoms with E-state index in [1.54, 1.807) is 32.8 Å². The summed E-state index contributed by atoms with van der Waals surface area (Å²) in [6.45, 7) is 5.88. The van der Waals surface area contributed by atoms with Crippen LogP contribution in [-0.4, -0.2) is 104 Å². The number of carbonyl (C=O) groups is 5. The maximum Gasteiger partial charge on any atom is 0.408 e. The van der Waals surface area contributed by atoms with Crippen molar-refractivity contribution in [2.45, 2.75) is 89.1 Å². The molecule has 292 valence electrons. The number of allylic oxidation sites excluding steroid dienone is 1. The molecule has 0 spiro atoms. The zero-order valence-electron chi connectivity index (χ0n) is 31.8. The zero-order valence-corrected chi connectivity index (χ0v) is 31.8. The Balaban J connectivity index is 1.17. The number of carbonyl (C=O) groups excluding carboxylic acids is 4. The highest BCUT2D eigenvalue weighted by Crippen LogP contribution is 2.46. The van der Waals surface area contributed by atoms with Crippen LogP contribution in [0.1, 0.15) is 59.3 Å². The molecule has 55 heavy (non-hydrogen) atoms. The van der Waals surface area contributed by atoms with Crippen molar-refractivity contribution in [3.63, 3.8) is 0 Å². The molecule has 4 aliphatic rings. The van der Waals surface area contributed by atoms with Crippen LogP contribution in [0.3, 0.4) is 0 Å². The molecule has 7 rings (SSSR count). The largest absolute Gasteiger partial charge is 0.497 e. The SMILES string of the molecule is COc1ccc2c(c1)nc(-c1ccccc1)n2CC(=O)N1C[C@H]2CN3C(=O)[C@H](NC(=O)OC(C)(C)C)CCCCC/C=C\[C@@H]4C[C@@]4(C(=O)O)NC(=O)[C@@H]3[C@H]2C1. The Morgan fingerprint density at radius 2 is 1.82 bits per heavy atom. The maximum atomic E-state index is 14.5. The Morgan fingerprint density at radius 1 is 1.04 bits per heavy atom. The lowest BCUT2D eigenvalue weighted by Gasteiger charge is -2.33. The normalized spacial score (nSPS) is 27.5. The molecule has 0 radical (unpaired) electrons. The van der Waals surface area contributed by atoms with Crippen LogP contribution in [0.5, 0.6) is 5.75 Å². The van der Waals surface area contributed by atoms with Crippen molar-refractivity contribution in [2.75, 3.05) is 26.7 Å². The number of aliphatic carboxylic acids is 1. The van der Waals surface area contributed by atoms with Crippen LogP contribution in [0.25, 0.3) is 22.4 Å². The van der Waals surface area contributed by atoms with Crippen molar-refractivity contribution in [3.05, 3.63) is 60.7 Å². The molecule has 0 bridgehead atoms. The topological polar surface area (TPSA) is 172 Å². The summed E-state index contributed by atoms with van der Waals surface area (Å²) in [4.78, 5) is 76.8. The van der Waals surface area contributed by atoms with Gasteiger partial charge in [0.15, 0.2) is 0 Å². The molecule has 6 atom stereocenters. The zero-order chi connectivity index (χ0) is 39.1. The second-order valence-electron chi connectivity index (χ2n) is 16.2. The summed E-state index contributed by atoms with van der Waals surface area (Å²) < 4.78 is 12.8. The molecule has 2 saturated heterocycles. The van der Waals surface area contributed by atoms with Crippen LogP contribution in [0.2, 0.25) is 0 Å². The van der Waals surface area contributed by atoms with Gasteiger partial charge in [-0.05, 0) is 58.6 Å². The number of nitrogens with one attached hydrogen (secondary N) is 2. The van der Waals surface area contributed by atoms with E-state index in [-0.39, 0.29) is 43.8 Å². The number of benzene rings is 2. The highest BCUT2D eigenvalue weighted by molar-refractivity contribution is 5.96. The molecular formula is C41H50N6O8. The van der Waals surface area contributed by atoms with E-state index >= 15 is 0 Å². The van der Waals surface area contributed by atoms with Crippen molar-refractivity contribution in [2.24, 2.45) is 17.8 Å². The fourth-order valence-electron chi connectivity index (χ4n) is 8.46. The minimum atomic E-state index is -1.47. The van der Waals surface area contributed by atoms with Crippen LogP contribution >= 0.6 is 0 Å². The molecule has 1 saturated carbocycles. The van der Waals surface area contributed by atoms with Gasteiger partial charge in [-0.3, -0.25) is 14.4 Å². The molecule has 3 N–H and O–H groups in total. The first-order chi connectivity index (χ1) is 26.3. The number of rotatable bonds is 6. The van der Waals surface area contributed by atoms with Crippen molar-refractivity contribution in [1.29, 1.82) is 0 Å². The van der Waals surface area contributed by atoms with Gasteiger partial charge in [-0.25, -0.2) is 14.6 Å². The molecule has 4 amide bonds. The number of amides is 4. The molecule has 1 aliphatic carbocycles. The molecule has 3 fully saturated rings. The van der Waals surface area contributed by atoms with Crippen LogP contribution < -0.4 is 15.4 Å². The number of likely N-dealkylation sites (tertiary alicyclic amines) is 1. The van der Waals surface area contributed by atoms with Crippen molar-refractivity contribution in [3.8, 4) is 17.1 Å². The third-order valence-corrected chi connectivity index (χ3v) is 11.3. The van der Waals surface area contributed by atoms with Crippen LogP contribution in [0.4, 0.5) is 4.79 Å². The summed E-state index contributed by atoms with van der Waals surface area (Å²) in [5, 5.41) is 15.9. The molecule has 3 aromatic rings. The lowest BCUT2D eigenvalue weighted by molar-refractivity contribution is -0.146. The summed E-state index contributed by atoms with van der Waals surface area (Å²) in [5.74, 6) is -2.09. The van der Waals surface area contributed by atoms with Crippen LogP contribution in [0.15, 0.2) is 60.7 Å². The Morgan fingerprint density at radius 3 is 2.55 bits per heavy atom. The number of alkyl carbamates (subject to hydrolysis) is 1. The van der Waals surface area contributed by atoms with Gasteiger partial charge >= 0.3 is 12.1 Å². The first kappa shape index (κ1) is 37.9. The van der Waals surface area contributed by atoms with Crippen LogP contribution in [0, 0.1) is 17.8 Å². The molecule has 2 aromatic carbocycles. The van der Waals surface area contributed by atoms with Gasteiger partial charge in [0.05, 0.1) is 18.1 Å². The fraction of sp³-hybridized carbons (Fsp3) is 0.512. The van der Waals surface area contributed by atoms with Gasteiger partial charge in [-0.15, -0.1) is 0 Å². The molecular weight excluding hydrogens is 704 g/mol. The van der Waals surface area contributed by atoms with E-state index in [0.717, 1.165) is 30.3 Å². The quantitative estimate of drug-likeness (QED) is 0.309. The number of fused-ring (bicyclic) bond motifs is 5. The number of carboxylic acids is 1. The van der Waals surface area contributed by atoms with E-state index in [1.807, 2.05) is 65.3 Å². The minimum Gasteiger partial charge on any atom is -0.497 e. The lowest BCUT2D eigenvalue weighted by Crippen LogP contribution is -2.58. The average molecular weight is 755 g/mol. The number of aromatic nitrogens is 2. The highest BCUT2D eigenvalue weighted by Gasteiger charge is 2.62. The lowest BCUT2D eigenvalue weighted by atomic mass is 9.93. The minimum absolute atomic E-state index is 0.00989. The van der Waals surface area contributed by atoms with Crippen molar-refractivity contribution >= 4 is 40.8 Å². The number of carboxylic acid groups (broad SMARTS) is 1. The van der Waals surface area contributed by atoms with Gasteiger partial charge in [-0.1, -0.05) is 55.3 Å². The molecule has 1 aromatic heterocycles. The second kappa shape index (κ2) is 15.0. The monoisotopic (exact) mass is 754 g/mol. The molecule has 14 heteroatoms. The standard InChI is InChI=1S/C41H50N6O8/c1-40(2,3)55-39(53)43-30-16-12-7-5-6-11-15-27-20-41(27,38(51)52)44-36(49)34-29-23-45(21-26(29)22-47(34)37(30)50)33(48)24-46-32-18-17-28(54-4)19-31(32)42-35(46)25-13-9-8-10-14-25/h8-11,13-15,17-19,26-27,29-30,34H,5-7,12,16,20-24H2,1-4H3,(H,43,53)(H,44,49)(H,51,52)/b15-11-/t26-,27+,29-,30+,34-,41+/m0/s1. The van der Waals surface area contributed by atoms with Gasteiger partial charge in [0.25, 0.3) is 0 Å². The predicted octanol–water partition coefficient (Wildman–Crippen LogP) is 4.37. The van der Waals surface area contributed by atoms with Gasteiger partial charge in [0.1, 0.15) is 41.3 Å². The van der Waals surface area contributed by atoms with Gasteiger partial charge in [-0.2, -0.15) is 0 Å². The third kappa shape index (κ3) is 7.76. The number of hydrogen-bond donors (Lipinski definition) is 3. The van der Waals surface area contributed by atoms with Gasteiger partial charge < -0.3 is 39.6 Å². The Kier molecular flexibility index (Phi) is 10.4. The Labute approximate surface area is 320 Å². The number of ether oxygens (including phenoxy) is 2. The van der Waals surface area contributed by atoms with E-state index in [2.05, 4.69) is 10.6 Å². The summed E-state index contributed by atoms with van der Waals surface area (Å²) in [6, 6.07) is 13.2. The van der Waals surface area contributed by atoms with E-state index in [4.69, 9.17) is 14.5 Å². The second-order valence-corrected chi connectivity index (χ2v) is 16.2. The van der Waals surface area contributed by atoms with E-state index in [0.29, 0.717) is 36.5 Å². The Bertz CT molecular complexity index is 2010.